The van der Waals surface area contributed by atoms with Crippen molar-refractivity contribution in [3.8, 4) is 11.5 Å². The molecule has 6 heteroatoms. The molecule has 1 atom stereocenters. The Labute approximate surface area is 237 Å². The Morgan fingerprint density at radius 2 is 1.93 bits per heavy atom. The Balaban J connectivity index is 1.11. The number of benzene rings is 2. The van der Waals surface area contributed by atoms with E-state index in [2.05, 4.69) is 46.3 Å². The van der Waals surface area contributed by atoms with Gasteiger partial charge in [-0.15, -0.1) is 0 Å². The van der Waals surface area contributed by atoms with Crippen molar-refractivity contribution in [2.45, 2.75) is 45.3 Å². The summed E-state index contributed by atoms with van der Waals surface area (Å²) in [5, 5.41) is 4.43. The van der Waals surface area contributed by atoms with E-state index in [9.17, 15) is 4.79 Å². The van der Waals surface area contributed by atoms with E-state index in [1.807, 2.05) is 37.5 Å². The van der Waals surface area contributed by atoms with E-state index in [4.69, 9.17) is 9.47 Å². The first-order valence-corrected chi connectivity index (χ1v) is 14.8. The summed E-state index contributed by atoms with van der Waals surface area (Å²) < 4.78 is 14.1. The molecule has 1 aromatic heterocycles. The number of piperidine rings is 1. The number of rotatable bonds is 9. The highest BCUT2D eigenvalue weighted by Crippen LogP contribution is 2.39. The SMILES string of the molecule is CNc1cccc2ccc[n+](COc3cc4c(cc3OC)C(=O)C(CC3CC[NH+](CC5=CCCC=C5)CC3)C4)c12. The van der Waals surface area contributed by atoms with Gasteiger partial charge in [0, 0.05) is 35.6 Å². The lowest BCUT2D eigenvalue weighted by Gasteiger charge is -2.30. The number of nitrogens with zero attached hydrogens (tertiary/aromatic N) is 1. The zero-order chi connectivity index (χ0) is 27.5. The van der Waals surface area contributed by atoms with Gasteiger partial charge in [0.15, 0.2) is 23.5 Å². The van der Waals surface area contributed by atoms with Crippen molar-refractivity contribution < 1.29 is 23.7 Å². The van der Waals surface area contributed by atoms with E-state index in [1.165, 1.54) is 44.3 Å². The third kappa shape index (κ3) is 5.50. The average Bonchev–Trinajstić information content (AvgIpc) is 3.30. The molecule has 2 N–H and O–H groups in total. The van der Waals surface area contributed by atoms with Gasteiger partial charge >= 0.3 is 0 Å². The molecule has 1 saturated heterocycles. The number of ether oxygens (including phenoxy) is 2. The van der Waals surface area contributed by atoms with Crippen LogP contribution in [0.25, 0.3) is 10.9 Å². The zero-order valence-electron chi connectivity index (χ0n) is 23.7. The smallest absolute Gasteiger partial charge is 0.292 e. The first-order chi connectivity index (χ1) is 19.6. The second-order valence-corrected chi connectivity index (χ2v) is 11.5. The summed E-state index contributed by atoms with van der Waals surface area (Å²) >= 11 is 0. The van der Waals surface area contributed by atoms with Gasteiger partial charge in [0.1, 0.15) is 12.2 Å². The van der Waals surface area contributed by atoms with Gasteiger partial charge in [-0.25, -0.2) is 0 Å². The number of quaternary nitrogens is 1. The highest BCUT2D eigenvalue weighted by atomic mass is 16.5. The first kappa shape index (κ1) is 26.6. The van der Waals surface area contributed by atoms with Gasteiger partial charge in [-0.1, -0.05) is 24.3 Å². The van der Waals surface area contributed by atoms with E-state index in [0.29, 0.717) is 24.1 Å². The second-order valence-electron chi connectivity index (χ2n) is 11.5. The van der Waals surface area contributed by atoms with Crippen LogP contribution in [0.3, 0.4) is 0 Å². The van der Waals surface area contributed by atoms with Crippen molar-refractivity contribution >= 4 is 22.4 Å². The fraction of sp³-hybridized carbons (Fsp3) is 0.412. The normalized spacial score (nSPS) is 22.2. The molecule has 1 aliphatic heterocycles. The number of nitrogens with one attached hydrogen (secondary N) is 2. The molecule has 40 heavy (non-hydrogen) atoms. The van der Waals surface area contributed by atoms with Crippen LogP contribution in [-0.2, 0) is 13.2 Å². The van der Waals surface area contributed by atoms with Crippen molar-refractivity contribution in [3.05, 3.63) is 83.6 Å². The number of pyridine rings is 1. The molecule has 0 bridgehead atoms. The van der Waals surface area contributed by atoms with E-state index < -0.39 is 0 Å². The van der Waals surface area contributed by atoms with E-state index in [-0.39, 0.29) is 11.7 Å². The van der Waals surface area contributed by atoms with E-state index in [1.54, 1.807) is 12.0 Å². The number of methoxy groups -OCH3 is 1. The lowest BCUT2D eigenvalue weighted by Crippen LogP contribution is -3.13. The molecule has 1 fully saturated rings. The molecule has 208 valence electrons. The zero-order valence-corrected chi connectivity index (χ0v) is 23.7. The Kier molecular flexibility index (Phi) is 7.87. The van der Waals surface area contributed by atoms with Gasteiger partial charge in [0.05, 0.1) is 20.2 Å². The molecule has 2 heterocycles. The summed E-state index contributed by atoms with van der Waals surface area (Å²) in [4.78, 5) is 15.1. The summed E-state index contributed by atoms with van der Waals surface area (Å²) in [5.41, 5.74) is 5.52. The standard InChI is InChI=1S/C34H40N3O3/c1-35-30-12-6-10-26-11-7-15-37(33(26)30)23-40-32-20-27-19-28(34(38)29(27)21-31(32)39-2)18-24-13-16-36(17-14-24)22-25-8-4-3-5-9-25/h4,6-12,15,20-21,24,28,35H,3,5,13-14,16-19,22-23H2,1-2H3/q+1/p+1. The number of aromatic nitrogens is 1. The van der Waals surface area contributed by atoms with Crippen molar-refractivity contribution in [2.24, 2.45) is 11.8 Å². The summed E-state index contributed by atoms with van der Waals surface area (Å²) in [7, 11) is 3.58. The second kappa shape index (κ2) is 11.8. The minimum Gasteiger partial charge on any atom is -0.493 e. The van der Waals surface area contributed by atoms with Crippen LogP contribution in [0, 0.1) is 11.8 Å². The summed E-state index contributed by atoms with van der Waals surface area (Å²) in [6.45, 7) is 3.90. The Bertz CT molecular complexity index is 1450. The van der Waals surface area contributed by atoms with Gasteiger partial charge in [-0.2, -0.15) is 4.57 Å². The third-order valence-electron chi connectivity index (χ3n) is 8.97. The summed E-state index contributed by atoms with van der Waals surface area (Å²) in [6.07, 6.45) is 15.6. The van der Waals surface area contributed by atoms with Crippen LogP contribution in [0.15, 0.2) is 72.5 Å². The molecule has 0 radical (unpaired) electrons. The van der Waals surface area contributed by atoms with Gasteiger partial charge < -0.3 is 19.7 Å². The number of ketones is 1. The number of allylic oxidation sites excluding steroid dienone is 2. The van der Waals surface area contributed by atoms with Crippen LogP contribution >= 0.6 is 0 Å². The maximum absolute atomic E-state index is 13.4. The molecule has 3 aromatic rings. The predicted octanol–water partition coefficient (Wildman–Crippen LogP) is 4.53. The monoisotopic (exact) mass is 539 g/mol. The highest BCUT2D eigenvalue weighted by molar-refractivity contribution is 6.03. The first-order valence-electron chi connectivity index (χ1n) is 14.8. The number of hydrogen-bond acceptors (Lipinski definition) is 4. The molecule has 0 spiro atoms. The molecule has 2 aliphatic carbocycles. The molecule has 2 aromatic carbocycles. The number of carbonyl (C=O) groups excluding carboxylic acids is 1. The number of hydrogen-bond donors (Lipinski definition) is 2. The van der Waals surface area contributed by atoms with Crippen molar-refractivity contribution in [2.75, 3.05) is 39.1 Å². The van der Waals surface area contributed by atoms with Gasteiger partial charge in [0.25, 0.3) is 6.73 Å². The maximum Gasteiger partial charge on any atom is 0.292 e. The molecule has 1 unspecified atom stereocenters. The molecular weight excluding hydrogens is 498 g/mol. The minimum atomic E-state index is 0.0659. The number of likely N-dealkylation sites (tertiary alicyclic amines) is 1. The van der Waals surface area contributed by atoms with Gasteiger partial charge in [-0.3, -0.25) is 4.79 Å². The fourth-order valence-corrected chi connectivity index (χ4v) is 6.82. The number of carbonyl (C=O) groups is 1. The van der Waals surface area contributed by atoms with Crippen molar-refractivity contribution in [3.63, 3.8) is 0 Å². The summed E-state index contributed by atoms with van der Waals surface area (Å²) in [6, 6.07) is 14.3. The van der Waals surface area contributed by atoms with Crippen LogP contribution < -0.4 is 24.3 Å². The fourth-order valence-electron chi connectivity index (χ4n) is 6.82. The van der Waals surface area contributed by atoms with E-state index >= 15 is 0 Å². The molecule has 3 aliphatic rings. The predicted molar refractivity (Wildman–Crippen MR) is 158 cm³/mol. The molecular formula is C34H41N3O3+2. The van der Waals surface area contributed by atoms with Gasteiger partial charge in [-0.05, 0) is 80.3 Å². The van der Waals surface area contributed by atoms with Crippen LogP contribution in [0.2, 0.25) is 0 Å². The van der Waals surface area contributed by atoms with Crippen LogP contribution in [0.5, 0.6) is 11.5 Å². The van der Waals surface area contributed by atoms with Crippen molar-refractivity contribution in [1.82, 2.24) is 0 Å². The van der Waals surface area contributed by atoms with Crippen molar-refractivity contribution in [1.29, 1.82) is 0 Å². The number of para-hydroxylation sites is 1. The number of fused-ring (bicyclic) bond motifs is 2. The largest absolute Gasteiger partial charge is 0.493 e. The minimum absolute atomic E-state index is 0.0659. The Morgan fingerprint density at radius 1 is 1.07 bits per heavy atom. The van der Waals surface area contributed by atoms with E-state index in [0.717, 1.165) is 47.1 Å². The third-order valence-corrected chi connectivity index (χ3v) is 8.97. The lowest BCUT2D eigenvalue weighted by molar-refractivity contribution is -0.901. The molecule has 0 amide bonds. The number of Topliss-reactive ketones (excluding diaryl/α,β-unsaturated/α-hetero) is 1. The highest BCUT2D eigenvalue weighted by Gasteiger charge is 2.35. The molecule has 6 rings (SSSR count). The Morgan fingerprint density at radius 3 is 2.70 bits per heavy atom. The van der Waals surface area contributed by atoms with Crippen LogP contribution in [0.4, 0.5) is 5.69 Å². The summed E-state index contributed by atoms with van der Waals surface area (Å²) in [5.74, 6) is 2.27. The molecule has 0 saturated carbocycles. The van der Waals surface area contributed by atoms with Crippen LogP contribution in [-0.4, -0.2) is 39.6 Å². The average molecular weight is 540 g/mol. The quantitative estimate of drug-likeness (QED) is 0.393. The molecule has 6 nitrogen and oxygen atoms in total. The Hall–Kier alpha value is -3.64. The van der Waals surface area contributed by atoms with Gasteiger partial charge in [0.2, 0.25) is 5.52 Å². The lowest BCUT2D eigenvalue weighted by atomic mass is 9.85. The topological polar surface area (TPSA) is 55.9 Å². The van der Waals surface area contributed by atoms with Crippen LogP contribution in [0.1, 0.15) is 48.0 Å². The maximum atomic E-state index is 13.4. The number of anilines is 1.